The van der Waals surface area contributed by atoms with Crippen molar-refractivity contribution in [1.82, 2.24) is 14.7 Å². The van der Waals surface area contributed by atoms with Crippen LogP contribution in [-0.2, 0) is 16.0 Å². The minimum absolute atomic E-state index is 0.200. The Morgan fingerprint density at radius 2 is 2.17 bits per heavy atom. The highest BCUT2D eigenvalue weighted by Gasteiger charge is 2.29. The molecule has 0 bridgehead atoms. The summed E-state index contributed by atoms with van der Waals surface area (Å²) in [5, 5.41) is 5.70. The third kappa shape index (κ3) is 3.32. The van der Waals surface area contributed by atoms with Crippen LogP contribution in [0.25, 0.3) is 10.9 Å². The van der Waals surface area contributed by atoms with Crippen molar-refractivity contribution in [3.8, 4) is 0 Å². The van der Waals surface area contributed by atoms with Gasteiger partial charge in [0.25, 0.3) is 0 Å². The van der Waals surface area contributed by atoms with Crippen LogP contribution in [0, 0.1) is 0 Å². The summed E-state index contributed by atoms with van der Waals surface area (Å²) in [5.41, 5.74) is 1.48. The van der Waals surface area contributed by atoms with Crippen LogP contribution in [0.5, 0.6) is 0 Å². The molecule has 0 N–H and O–H groups in total. The average molecular weight is 317 g/mol. The van der Waals surface area contributed by atoms with Gasteiger partial charge in [-0.25, -0.2) is 4.79 Å². The fourth-order valence-electron chi connectivity index (χ4n) is 2.77. The van der Waals surface area contributed by atoms with Crippen LogP contribution in [0.4, 0.5) is 4.79 Å². The van der Waals surface area contributed by atoms with E-state index in [2.05, 4.69) is 5.10 Å². The largest absolute Gasteiger partial charge is 0.444 e. The van der Waals surface area contributed by atoms with Gasteiger partial charge in [-0.2, -0.15) is 5.10 Å². The molecule has 1 aliphatic rings. The number of carbonyl (C=O) groups excluding carboxylic acids is 1. The standard InChI is InChI=1S/C17H23N3O3/c1-17(2,3)23-16(21)19(4)11-14-15-12-7-5-6-8-13(12)18-20(15)9-10-22-14/h5-8,14H,9-11H2,1-4H3/t14-/m1/s1. The summed E-state index contributed by atoms with van der Waals surface area (Å²) < 4.78 is 13.3. The fourth-order valence-corrected chi connectivity index (χ4v) is 2.77. The monoisotopic (exact) mass is 317 g/mol. The van der Waals surface area contributed by atoms with Crippen LogP contribution in [0.15, 0.2) is 24.3 Å². The van der Waals surface area contributed by atoms with Crippen molar-refractivity contribution in [2.24, 2.45) is 0 Å². The van der Waals surface area contributed by atoms with Crippen LogP contribution >= 0.6 is 0 Å². The van der Waals surface area contributed by atoms with E-state index in [0.717, 1.165) is 23.1 Å². The summed E-state index contributed by atoms with van der Waals surface area (Å²) in [6, 6.07) is 8.01. The molecule has 1 atom stereocenters. The number of amides is 1. The van der Waals surface area contributed by atoms with Gasteiger partial charge in [0, 0.05) is 12.4 Å². The van der Waals surface area contributed by atoms with E-state index in [4.69, 9.17) is 9.47 Å². The zero-order chi connectivity index (χ0) is 16.6. The molecule has 6 nitrogen and oxygen atoms in total. The van der Waals surface area contributed by atoms with E-state index >= 15 is 0 Å². The zero-order valence-electron chi connectivity index (χ0n) is 14.1. The molecular formula is C17H23N3O3. The second kappa shape index (κ2) is 5.85. The summed E-state index contributed by atoms with van der Waals surface area (Å²) in [6.45, 7) is 7.34. The number of ether oxygens (including phenoxy) is 2. The lowest BCUT2D eigenvalue weighted by Gasteiger charge is -2.30. The minimum Gasteiger partial charge on any atom is -0.444 e. The summed E-state index contributed by atoms with van der Waals surface area (Å²) in [5.74, 6) is 0. The molecule has 6 heteroatoms. The zero-order valence-corrected chi connectivity index (χ0v) is 14.1. The fraction of sp³-hybridized carbons (Fsp3) is 0.529. The molecule has 0 fully saturated rings. The second-order valence-electron chi connectivity index (χ2n) is 6.85. The average Bonchev–Trinajstić information content (AvgIpc) is 2.84. The van der Waals surface area contributed by atoms with Crippen molar-refractivity contribution in [1.29, 1.82) is 0 Å². The van der Waals surface area contributed by atoms with Gasteiger partial charge in [-0.1, -0.05) is 18.2 Å². The predicted octanol–water partition coefficient (Wildman–Crippen LogP) is 2.97. The lowest BCUT2D eigenvalue weighted by molar-refractivity contribution is -0.0136. The van der Waals surface area contributed by atoms with Gasteiger partial charge in [0.1, 0.15) is 11.7 Å². The Morgan fingerprint density at radius 1 is 1.43 bits per heavy atom. The molecule has 0 radical (unpaired) electrons. The molecule has 0 saturated carbocycles. The maximum Gasteiger partial charge on any atom is 0.410 e. The molecule has 0 aliphatic carbocycles. The highest BCUT2D eigenvalue weighted by Crippen LogP contribution is 2.30. The highest BCUT2D eigenvalue weighted by atomic mass is 16.6. The summed E-state index contributed by atoms with van der Waals surface area (Å²) in [4.78, 5) is 13.7. The number of aromatic nitrogens is 2. The maximum absolute atomic E-state index is 12.2. The first-order valence-corrected chi connectivity index (χ1v) is 7.86. The quantitative estimate of drug-likeness (QED) is 0.854. The van der Waals surface area contributed by atoms with E-state index < -0.39 is 5.60 Å². The first kappa shape index (κ1) is 15.8. The number of benzene rings is 1. The van der Waals surface area contributed by atoms with Gasteiger partial charge in [0.15, 0.2) is 0 Å². The van der Waals surface area contributed by atoms with Crippen LogP contribution < -0.4 is 0 Å². The number of nitrogens with zero attached hydrogens (tertiary/aromatic N) is 3. The summed E-state index contributed by atoms with van der Waals surface area (Å²) in [7, 11) is 1.73. The highest BCUT2D eigenvalue weighted by molar-refractivity contribution is 5.82. The number of hydrogen-bond donors (Lipinski definition) is 0. The van der Waals surface area contributed by atoms with E-state index in [0.29, 0.717) is 13.2 Å². The number of rotatable bonds is 2. The number of likely N-dealkylation sites (N-methyl/N-ethyl adjacent to an activating group) is 1. The predicted molar refractivity (Wildman–Crippen MR) is 87.3 cm³/mol. The van der Waals surface area contributed by atoms with E-state index in [1.165, 1.54) is 0 Å². The normalized spacial score (nSPS) is 17.8. The smallest absolute Gasteiger partial charge is 0.410 e. The van der Waals surface area contributed by atoms with Crippen molar-refractivity contribution in [2.75, 3.05) is 20.2 Å². The van der Waals surface area contributed by atoms with Crippen molar-refractivity contribution in [3.05, 3.63) is 30.0 Å². The second-order valence-corrected chi connectivity index (χ2v) is 6.85. The maximum atomic E-state index is 12.2. The van der Waals surface area contributed by atoms with Gasteiger partial charge >= 0.3 is 6.09 Å². The van der Waals surface area contributed by atoms with Gasteiger partial charge in [-0.15, -0.1) is 0 Å². The Bertz CT molecular complexity index is 717. The van der Waals surface area contributed by atoms with Gasteiger partial charge in [-0.3, -0.25) is 4.68 Å². The van der Waals surface area contributed by atoms with Gasteiger partial charge in [0.05, 0.1) is 30.9 Å². The number of hydrogen-bond acceptors (Lipinski definition) is 4. The van der Waals surface area contributed by atoms with Crippen LogP contribution in [0.2, 0.25) is 0 Å². The third-order valence-electron chi connectivity index (χ3n) is 3.76. The van der Waals surface area contributed by atoms with Gasteiger partial charge in [-0.05, 0) is 26.8 Å². The molecule has 124 valence electrons. The molecule has 1 amide bonds. The molecule has 0 unspecified atom stereocenters. The lowest BCUT2D eigenvalue weighted by atomic mass is 10.1. The molecule has 1 aliphatic heterocycles. The Balaban J connectivity index is 1.82. The SMILES string of the molecule is CN(C[C@H]1OCCn2nc3ccccc3c21)C(=O)OC(C)(C)C. The van der Waals surface area contributed by atoms with Crippen LogP contribution in [0.3, 0.4) is 0 Å². The molecule has 1 aromatic carbocycles. The van der Waals surface area contributed by atoms with Crippen LogP contribution in [-0.4, -0.2) is 46.6 Å². The minimum atomic E-state index is -0.507. The Kier molecular flexibility index (Phi) is 4.02. The van der Waals surface area contributed by atoms with Crippen molar-refractivity contribution in [3.63, 3.8) is 0 Å². The van der Waals surface area contributed by atoms with Crippen molar-refractivity contribution >= 4 is 17.0 Å². The van der Waals surface area contributed by atoms with Gasteiger partial charge in [0.2, 0.25) is 0 Å². The Morgan fingerprint density at radius 3 is 2.91 bits per heavy atom. The van der Waals surface area contributed by atoms with E-state index in [1.807, 2.05) is 49.7 Å². The molecule has 3 rings (SSSR count). The number of carbonyl (C=O) groups is 1. The molecule has 23 heavy (non-hydrogen) atoms. The lowest BCUT2D eigenvalue weighted by Crippen LogP contribution is -2.38. The van der Waals surface area contributed by atoms with E-state index in [9.17, 15) is 4.79 Å². The molecule has 0 saturated heterocycles. The van der Waals surface area contributed by atoms with E-state index in [-0.39, 0.29) is 12.2 Å². The Hall–Kier alpha value is -2.08. The summed E-state index contributed by atoms with van der Waals surface area (Å²) >= 11 is 0. The molecule has 2 heterocycles. The van der Waals surface area contributed by atoms with Crippen molar-refractivity contribution < 1.29 is 14.3 Å². The molecule has 2 aromatic rings. The van der Waals surface area contributed by atoms with Crippen LogP contribution in [0.1, 0.15) is 32.6 Å². The first-order valence-electron chi connectivity index (χ1n) is 7.86. The Labute approximate surface area is 136 Å². The topological polar surface area (TPSA) is 56.6 Å². The third-order valence-corrected chi connectivity index (χ3v) is 3.76. The number of fused-ring (bicyclic) bond motifs is 3. The molecule has 0 spiro atoms. The van der Waals surface area contributed by atoms with Crippen molar-refractivity contribution in [2.45, 2.75) is 39.0 Å². The van der Waals surface area contributed by atoms with E-state index in [1.54, 1.807) is 11.9 Å². The van der Waals surface area contributed by atoms with Gasteiger partial charge < -0.3 is 14.4 Å². The first-order chi connectivity index (χ1) is 10.8. The molecular weight excluding hydrogens is 294 g/mol. The molecule has 1 aromatic heterocycles. The summed E-state index contributed by atoms with van der Waals surface area (Å²) in [6.07, 6.45) is -0.546.